The molecule has 0 aliphatic heterocycles. The standard InChI is InChI=1S/C30H33/c1-3-5-7-9-11-13-15-17-19-21-23-25-27-29-30-28-26-24-22-20-18-16-14-12-10-8-6-4-2/h1,3,5-30H,4H2,2H3/b3-1?,7-5+,8-6+,11-9+,12-10+,15-13+,16-14+,19-17+,20-18+,23-21+,24-22+,27-25+,28-26+,30-29+. The van der Waals surface area contributed by atoms with E-state index in [-0.39, 0.29) is 0 Å². The van der Waals surface area contributed by atoms with Crippen LogP contribution in [0.4, 0.5) is 0 Å². The highest BCUT2D eigenvalue weighted by Crippen LogP contribution is 1.88. The third-order valence-electron chi connectivity index (χ3n) is 3.15. The van der Waals surface area contributed by atoms with Crippen LogP contribution < -0.4 is 0 Å². The van der Waals surface area contributed by atoms with Crippen LogP contribution in [0, 0.1) is 6.58 Å². The van der Waals surface area contributed by atoms with Crippen molar-refractivity contribution >= 4 is 0 Å². The highest BCUT2D eigenvalue weighted by molar-refractivity contribution is 5.23. The van der Waals surface area contributed by atoms with Crippen LogP contribution in [0.15, 0.2) is 164 Å². The topological polar surface area (TPSA) is 0 Å². The number of rotatable bonds is 14. The lowest BCUT2D eigenvalue weighted by Gasteiger charge is -1.76. The van der Waals surface area contributed by atoms with E-state index >= 15 is 0 Å². The van der Waals surface area contributed by atoms with Gasteiger partial charge >= 0.3 is 0 Å². The third-order valence-corrected chi connectivity index (χ3v) is 3.15. The molecule has 0 heteroatoms. The van der Waals surface area contributed by atoms with E-state index in [2.05, 4.69) is 19.1 Å². The zero-order valence-electron chi connectivity index (χ0n) is 17.9. The highest BCUT2D eigenvalue weighted by Gasteiger charge is 1.66. The van der Waals surface area contributed by atoms with E-state index in [1.54, 1.807) is 6.08 Å². The average molecular weight is 394 g/mol. The van der Waals surface area contributed by atoms with Crippen molar-refractivity contribution in [3.8, 4) is 0 Å². The molecule has 0 amide bonds. The molecule has 0 fully saturated rings. The molecule has 0 heterocycles. The van der Waals surface area contributed by atoms with E-state index in [1.165, 1.54) is 6.08 Å². The van der Waals surface area contributed by atoms with E-state index < -0.39 is 0 Å². The van der Waals surface area contributed by atoms with Crippen molar-refractivity contribution in [2.45, 2.75) is 13.3 Å². The normalized spacial score (nSPS) is 14.7. The molecule has 0 aliphatic carbocycles. The van der Waals surface area contributed by atoms with Crippen LogP contribution in [0.5, 0.6) is 0 Å². The van der Waals surface area contributed by atoms with Crippen molar-refractivity contribution in [3.63, 3.8) is 0 Å². The van der Waals surface area contributed by atoms with Crippen LogP contribution in [0.1, 0.15) is 13.3 Å². The van der Waals surface area contributed by atoms with E-state index in [0.29, 0.717) is 0 Å². The molecular weight excluding hydrogens is 360 g/mol. The molecule has 0 saturated heterocycles. The van der Waals surface area contributed by atoms with E-state index in [9.17, 15) is 0 Å². The van der Waals surface area contributed by atoms with Crippen molar-refractivity contribution in [3.05, 3.63) is 171 Å². The first-order valence-corrected chi connectivity index (χ1v) is 10.1. The second-order valence-corrected chi connectivity index (χ2v) is 5.65. The molecule has 0 spiro atoms. The summed E-state index contributed by atoms with van der Waals surface area (Å²) in [6, 6.07) is 0. The summed E-state index contributed by atoms with van der Waals surface area (Å²) in [5.41, 5.74) is 0. The van der Waals surface area contributed by atoms with Crippen LogP contribution in [-0.2, 0) is 0 Å². The monoisotopic (exact) mass is 393 g/mol. The molecule has 0 saturated carbocycles. The molecule has 0 N–H and O–H groups in total. The van der Waals surface area contributed by atoms with Gasteiger partial charge < -0.3 is 0 Å². The predicted molar refractivity (Wildman–Crippen MR) is 138 cm³/mol. The van der Waals surface area contributed by atoms with Crippen molar-refractivity contribution in [2.75, 3.05) is 0 Å². The van der Waals surface area contributed by atoms with Crippen LogP contribution in [0.3, 0.4) is 0 Å². The minimum absolute atomic E-state index is 1.07. The molecule has 0 unspecified atom stereocenters. The summed E-state index contributed by atoms with van der Waals surface area (Å²) in [4.78, 5) is 0. The first-order valence-electron chi connectivity index (χ1n) is 10.1. The maximum absolute atomic E-state index is 5.22. The third kappa shape index (κ3) is 24.4. The van der Waals surface area contributed by atoms with Crippen LogP contribution >= 0.6 is 0 Å². The van der Waals surface area contributed by atoms with Gasteiger partial charge in [0.15, 0.2) is 0 Å². The Kier molecular flexibility index (Phi) is 22.3. The number of hydrogen-bond acceptors (Lipinski definition) is 0. The Morgan fingerprint density at radius 3 is 0.733 bits per heavy atom. The maximum Gasteiger partial charge on any atom is -0.0376 e. The summed E-state index contributed by atoms with van der Waals surface area (Å²) in [5, 5.41) is 0. The Hall–Kier alpha value is -3.64. The molecule has 0 aliphatic rings. The summed E-state index contributed by atoms with van der Waals surface area (Å²) >= 11 is 0. The molecule has 1 radical (unpaired) electrons. The zero-order valence-corrected chi connectivity index (χ0v) is 17.9. The van der Waals surface area contributed by atoms with Crippen molar-refractivity contribution < 1.29 is 0 Å². The molecule has 0 aromatic carbocycles. The van der Waals surface area contributed by atoms with Gasteiger partial charge in [-0.2, -0.15) is 0 Å². The first-order chi connectivity index (χ1) is 14.9. The summed E-state index contributed by atoms with van der Waals surface area (Å²) in [5.74, 6) is 0. The van der Waals surface area contributed by atoms with Gasteiger partial charge in [-0.15, -0.1) is 0 Å². The molecule has 0 rings (SSSR count). The van der Waals surface area contributed by atoms with Gasteiger partial charge in [-0.25, -0.2) is 0 Å². The molecule has 0 aromatic rings. The van der Waals surface area contributed by atoms with Gasteiger partial charge in [-0.1, -0.05) is 178 Å². The van der Waals surface area contributed by atoms with Crippen molar-refractivity contribution in [1.29, 1.82) is 0 Å². The lowest BCUT2D eigenvalue weighted by molar-refractivity contribution is 1.22. The minimum Gasteiger partial charge on any atom is -0.0848 e. The second-order valence-electron chi connectivity index (χ2n) is 5.65. The van der Waals surface area contributed by atoms with Crippen molar-refractivity contribution in [2.24, 2.45) is 0 Å². The van der Waals surface area contributed by atoms with Crippen LogP contribution in [0.25, 0.3) is 0 Å². The van der Waals surface area contributed by atoms with Crippen LogP contribution in [0.2, 0.25) is 0 Å². The highest BCUT2D eigenvalue weighted by atomic mass is 13.7. The van der Waals surface area contributed by atoms with Gasteiger partial charge in [0, 0.05) is 0 Å². The molecule has 30 heavy (non-hydrogen) atoms. The molecule has 0 nitrogen and oxygen atoms in total. The Morgan fingerprint density at radius 2 is 0.533 bits per heavy atom. The smallest absolute Gasteiger partial charge is 0.0376 e. The van der Waals surface area contributed by atoms with Gasteiger partial charge in [-0.05, 0) is 6.42 Å². The van der Waals surface area contributed by atoms with Gasteiger partial charge in [0.25, 0.3) is 0 Å². The Morgan fingerprint density at radius 1 is 0.333 bits per heavy atom. The predicted octanol–water partition coefficient (Wildman–Crippen LogP) is 8.62. The van der Waals surface area contributed by atoms with Crippen LogP contribution in [-0.4, -0.2) is 0 Å². The van der Waals surface area contributed by atoms with E-state index in [4.69, 9.17) is 6.58 Å². The first kappa shape index (κ1) is 26.4. The number of hydrogen-bond donors (Lipinski definition) is 0. The summed E-state index contributed by atoms with van der Waals surface area (Å²) in [6.07, 6.45) is 54.2. The van der Waals surface area contributed by atoms with E-state index in [1.807, 2.05) is 140 Å². The second kappa shape index (κ2) is 25.4. The minimum atomic E-state index is 1.07. The fraction of sp³-hybridized carbons (Fsp3) is 0.0667. The summed E-state index contributed by atoms with van der Waals surface area (Å²) in [6.45, 7) is 7.35. The maximum atomic E-state index is 5.22. The quantitative estimate of drug-likeness (QED) is 0.259. The van der Waals surface area contributed by atoms with Gasteiger partial charge in [0.2, 0.25) is 0 Å². The summed E-state index contributed by atoms with van der Waals surface area (Å²) < 4.78 is 0. The van der Waals surface area contributed by atoms with Gasteiger partial charge in [-0.3, -0.25) is 0 Å². The fourth-order valence-corrected chi connectivity index (χ4v) is 1.75. The molecule has 0 atom stereocenters. The van der Waals surface area contributed by atoms with Gasteiger partial charge in [0.05, 0.1) is 0 Å². The Balaban J connectivity index is 3.95. The molecular formula is C30H33. The fourth-order valence-electron chi connectivity index (χ4n) is 1.75. The summed E-state index contributed by atoms with van der Waals surface area (Å²) in [7, 11) is 0. The molecule has 153 valence electrons. The molecule has 0 bridgehead atoms. The van der Waals surface area contributed by atoms with Gasteiger partial charge in [0.1, 0.15) is 0 Å². The number of allylic oxidation sites excluding steroid dienone is 27. The zero-order chi connectivity index (χ0) is 21.8. The Labute approximate surface area is 184 Å². The average Bonchev–Trinajstić information content (AvgIpc) is 2.76. The lowest BCUT2D eigenvalue weighted by atomic mass is 10.3. The molecule has 0 aromatic heterocycles. The Bertz CT molecular complexity index is 789. The lowest BCUT2D eigenvalue weighted by Crippen LogP contribution is -1.54. The van der Waals surface area contributed by atoms with E-state index in [0.717, 1.165) is 6.42 Å². The SMILES string of the molecule is [CH]=C/C=C/C=C/C=C/C=C/C=C/C=C/C=C/C=C/C=C/C=C/C=C/C=C/C=C/CC. The van der Waals surface area contributed by atoms with Crippen molar-refractivity contribution in [1.82, 2.24) is 0 Å². The largest absolute Gasteiger partial charge is 0.0848 e.